The van der Waals surface area contributed by atoms with E-state index in [4.69, 9.17) is 0 Å². The number of amides is 1. The Hall–Kier alpha value is -1.91. The van der Waals surface area contributed by atoms with Gasteiger partial charge in [0.2, 0.25) is 0 Å². The fourth-order valence-electron chi connectivity index (χ4n) is 2.64. The highest BCUT2D eigenvalue weighted by Crippen LogP contribution is 2.17. The van der Waals surface area contributed by atoms with Crippen molar-refractivity contribution < 1.29 is 4.79 Å². The van der Waals surface area contributed by atoms with Crippen molar-refractivity contribution in [3.63, 3.8) is 0 Å². The zero-order chi connectivity index (χ0) is 13.1. The summed E-state index contributed by atoms with van der Waals surface area (Å²) < 4.78 is 1.81. The average Bonchev–Trinajstić information content (AvgIpc) is 2.70. The van der Waals surface area contributed by atoms with Crippen LogP contribution in [0, 0.1) is 0 Å². The summed E-state index contributed by atoms with van der Waals surface area (Å²) in [7, 11) is 0. The molecule has 0 aromatic carbocycles. The molecule has 1 aliphatic rings. The second kappa shape index (κ2) is 5.38. The lowest BCUT2D eigenvalue weighted by molar-refractivity contribution is 0.0929. The highest BCUT2D eigenvalue weighted by Gasteiger charge is 2.17. The van der Waals surface area contributed by atoms with Gasteiger partial charge in [-0.1, -0.05) is 25.7 Å². The van der Waals surface area contributed by atoms with E-state index in [2.05, 4.69) is 15.3 Å². The Morgan fingerprint density at radius 2 is 2.05 bits per heavy atom. The summed E-state index contributed by atoms with van der Waals surface area (Å²) in [6, 6.07) is 0.304. The summed E-state index contributed by atoms with van der Waals surface area (Å²) in [5.74, 6) is -0.0735. The molecular formula is C14H18N4O. The lowest BCUT2D eigenvalue weighted by Gasteiger charge is -2.14. The molecule has 1 saturated carbocycles. The van der Waals surface area contributed by atoms with Crippen molar-refractivity contribution in [2.75, 3.05) is 0 Å². The predicted molar refractivity (Wildman–Crippen MR) is 71.9 cm³/mol. The third kappa shape index (κ3) is 2.75. The fraction of sp³-hybridized carbons (Fsp3) is 0.500. The van der Waals surface area contributed by atoms with Gasteiger partial charge in [-0.15, -0.1) is 0 Å². The zero-order valence-corrected chi connectivity index (χ0v) is 10.9. The Kier molecular flexibility index (Phi) is 3.44. The molecule has 100 valence electrons. The van der Waals surface area contributed by atoms with Crippen LogP contribution in [0.5, 0.6) is 0 Å². The summed E-state index contributed by atoms with van der Waals surface area (Å²) in [5.41, 5.74) is 1.17. The summed E-state index contributed by atoms with van der Waals surface area (Å²) in [4.78, 5) is 20.5. The van der Waals surface area contributed by atoms with E-state index in [0.717, 1.165) is 12.8 Å². The highest BCUT2D eigenvalue weighted by molar-refractivity contribution is 5.93. The molecule has 0 radical (unpaired) electrons. The molecule has 0 aliphatic heterocycles. The number of fused-ring (bicyclic) bond motifs is 1. The fourth-order valence-corrected chi connectivity index (χ4v) is 2.64. The molecule has 0 unspecified atom stereocenters. The first-order valence-electron chi connectivity index (χ1n) is 6.92. The second-order valence-corrected chi connectivity index (χ2v) is 5.13. The van der Waals surface area contributed by atoms with E-state index in [-0.39, 0.29) is 5.91 Å². The number of imidazole rings is 1. The molecule has 1 amide bonds. The minimum atomic E-state index is -0.0735. The van der Waals surface area contributed by atoms with Gasteiger partial charge < -0.3 is 9.72 Å². The topological polar surface area (TPSA) is 59.3 Å². The van der Waals surface area contributed by atoms with Gasteiger partial charge in [0.25, 0.3) is 5.91 Å². The van der Waals surface area contributed by atoms with Crippen LogP contribution in [-0.2, 0) is 0 Å². The van der Waals surface area contributed by atoms with E-state index < -0.39 is 0 Å². The van der Waals surface area contributed by atoms with Crippen molar-refractivity contribution in [2.24, 2.45) is 0 Å². The van der Waals surface area contributed by atoms with E-state index >= 15 is 0 Å². The lowest BCUT2D eigenvalue weighted by Crippen LogP contribution is -2.34. The summed E-state index contributed by atoms with van der Waals surface area (Å²) >= 11 is 0. The van der Waals surface area contributed by atoms with E-state index in [1.54, 1.807) is 24.8 Å². The molecule has 2 heterocycles. The number of hydrogen-bond donors (Lipinski definition) is 1. The van der Waals surface area contributed by atoms with E-state index in [1.165, 1.54) is 25.7 Å². The first kappa shape index (κ1) is 12.1. The molecule has 5 heteroatoms. The zero-order valence-electron chi connectivity index (χ0n) is 10.9. The van der Waals surface area contributed by atoms with Crippen molar-refractivity contribution in [1.82, 2.24) is 19.7 Å². The number of nitrogens with zero attached hydrogens (tertiary/aromatic N) is 3. The third-order valence-electron chi connectivity index (χ3n) is 3.69. The molecular weight excluding hydrogens is 240 g/mol. The van der Waals surface area contributed by atoms with Crippen LogP contribution in [-0.4, -0.2) is 26.3 Å². The van der Waals surface area contributed by atoms with Crippen molar-refractivity contribution in [3.8, 4) is 0 Å². The number of nitrogens with one attached hydrogen (secondary N) is 1. The van der Waals surface area contributed by atoms with Gasteiger partial charge >= 0.3 is 0 Å². The van der Waals surface area contributed by atoms with Gasteiger partial charge in [-0.05, 0) is 12.8 Å². The Labute approximate surface area is 112 Å². The number of rotatable bonds is 2. The van der Waals surface area contributed by atoms with E-state index in [9.17, 15) is 4.79 Å². The van der Waals surface area contributed by atoms with Crippen molar-refractivity contribution in [1.29, 1.82) is 0 Å². The largest absolute Gasteiger partial charge is 0.348 e. The normalized spacial score (nSPS) is 17.3. The lowest BCUT2D eigenvalue weighted by atomic mass is 10.1. The van der Waals surface area contributed by atoms with Crippen molar-refractivity contribution in [3.05, 3.63) is 30.5 Å². The summed E-state index contributed by atoms with van der Waals surface area (Å²) in [5, 5.41) is 3.10. The van der Waals surface area contributed by atoms with Gasteiger partial charge in [-0.3, -0.25) is 9.78 Å². The van der Waals surface area contributed by atoms with Crippen LogP contribution in [0.4, 0.5) is 0 Å². The maximum atomic E-state index is 12.2. The molecule has 0 saturated heterocycles. The molecule has 19 heavy (non-hydrogen) atoms. The summed E-state index contributed by atoms with van der Waals surface area (Å²) in [6.07, 6.45) is 14.0. The number of aromatic nitrogens is 3. The van der Waals surface area contributed by atoms with E-state index in [0.29, 0.717) is 17.4 Å². The molecule has 0 spiro atoms. The Morgan fingerprint density at radius 1 is 1.26 bits per heavy atom. The van der Waals surface area contributed by atoms with Crippen LogP contribution in [0.1, 0.15) is 49.0 Å². The molecule has 1 N–H and O–H groups in total. The smallest absolute Gasteiger partial charge is 0.271 e. The highest BCUT2D eigenvalue weighted by atomic mass is 16.2. The van der Waals surface area contributed by atoms with Crippen LogP contribution in [0.15, 0.2) is 24.8 Å². The predicted octanol–water partition coefficient (Wildman–Crippen LogP) is 2.18. The first-order chi connectivity index (χ1) is 9.33. The van der Waals surface area contributed by atoms with Crippen LogP contribution >= 0.6 is 0 Å². The molecule has 2 aromatic heterocycles. The van der Waals surface area contributed by atoms with Crippen molar-refractivity contribution >= 4 is 11.6 Å². The van der Waals surface area contributed by atoms with Crippen molar-refractivity contribution in [2.45, 2.75) is 44.6 Å². The van der Waals surface area contributed by atoms with E-state index in [1.807, 2.05) is 4.40 Å². The maximum absolute atomic E-state index is 12.2. The minimum Gasteiger partial charge on any atom is -0.348 e. The van der Waals surface area contributed by atoms with Gasteiger partial charge in [0.15, 0.2) is 5.65 Å². The van der Waals surface area contributed by atoms with Crippen LogP contribution in [0.25, 0.3) is 5.65 Å². The molecule has 0 bridgehead atoms. The minimum absolute atomic E-state index is 0.0735. The Balaban J connectivity index is 1.72. The number of hydrogen-bond acceptors (Lipinski definition) is 3. The molecule has 2 aromatic rings. The SMILES string of the molecule is O=C(NC1CCCCCC1)c1cn2ccncc2n1. The van der Waals surface area contributed by atoms with Crippen LogP contribution < -0.4 is 5.32 Å². The van der Waals surface area contributed by atoms with Gasteiger partial charge in [0.05, 0.1) is 6.20 Å². The molecule has 3 rings (SSSR count). The maximum Gasteiger partial charge on any atom is 0.271 e. The molecule has 1 aliphatic carbocycles. The molecule has 5 nitrogen and oxygen atoms in total. The number of carbonyl (C=O) groups is 1. The third-order valence-corrected chi connectivity index (χ3v) is 3.69. The quantitative estimate of drug-likeness (QED) is 0.840. The van der Waals surface area contributed by atoms with Crippen LogP contribution in [0.3, 0.4) is 0 Å². The molecule has 0 atom stereocenters. The van der Waals surface area contributed by atoms with Crippen LogP contribution in [0.2, 0.25) is 0 Å². The second-order valence-electron chi connectivity index (χ2n) is 5.13. The van der Waals surface area contributed by atoms with Gasteiger partial charge in [-0.25, -0.2) is 4.98 Å². The molecule has 1 fully saturated rings. The standard InChI is InChI=1S/C14H18N4O/c19-14(16-11-5-3-1-2-4-6-11)12-10-18-8-7-15-9-13(18)17-12/h7-11H,1-6H2,(H,16,19). The number of carbonyl (C=O) groups excluding carboxylic acids is 1. The van der Waals surface area contributed by atoms with Gasteiger partial charge in [-0.2, -0.15) is 0 Å². The average molecular weight is 258 g/mol. The van der Waals surface area contributed by atoms with Gasteiger partial charge in [0, 0.05) is 24.6 Å². The first-order valence-corrected chi connectivity index (χ1v) is 6.92. The van der Waals surface area contributed by atoms with Gasteiger partial charge in [0.1, 0.15) is 5.69 Å². The Bertz CT molecular complexity index is 537. The monoisotopic (exact) mass is 258 g/mol. The summed E-state index contributed by atoms with van der Waals surface area (Å²) in [6.45, 7) is 0. The Morgan fingerprint density at radius 3 is 2.79 bits per heavy atom.